The lowest BCUT2D eigenvalue weighted by molar-refractivity contribution is 0.146. The summed E-state index contributed by atoms with van der Waals surface area (Å²) in [6.07, 6.45) is -2.61. The first-order chi connectivity index (χ1) is 7.10. The molecule has 0 fully saturated rings. The van der Waals surface area contributed by atoms with Crippen molar-refractivity contribution in [3.05, 3.63) is 23.0 Å². The topological polar surface area (TPSA) is 45.9 Å². The molecule has 0 amide bonds. The van der Waals surface area contributed by atoms with Gasteiger partial charge in [-0.1, -0.05) is 0 Å². The van der Waals surface area contributed by atoms with Crippen LogP contribution in [-0.2, 0) is 6.42 Å². The van der Waals surface area contributed by atoms with Gasteiger partial charge in [-0.05, 0) is 13.0 Å². The van der Waals surface area contributed by atoms with Crippen molar-refractivity contribution in [2.75, 3.05) is 7.11 Å². The fourth-order valence-electron chi connectivity index (χ4n) is 1.35. The van der Waals surface area contributed by atoms with Crippen LogP contribution in [0.5, 0.6) is 5.75 Å². The number of hydrogen-bond donors (Lipinski definition) is 0. The molecule has 0 aliphatic heterocycles. The maximum Gasteiger partial charge on any atom is 0.267 e. The Bertz CT molecular complexity index is 399. The highest BCUT2D eigenvalue weighted by atomic mass is 19.3. The minimum absolute atomic E-state index is 0.0184. The Balaban J connectivity index is 3.27. The van der Waals surface area contributed by atoms with E-state index in [1.807, 2.05) is 6.07 Å². The lowest BCUT2D eigenvalue weighted by Gasteiger charge is -2.11. The summed E-state index contributed by atoms with van der Waals surface area (Å²) in [5.74, 6) is 0.0895. The monoisotopic (exact) mass is 212 g/mol. The number of aromatic nitrogens is 1. The number of aryl methyl sites for hydroxylation is 1. The predicted octanol–water partition coefficient (Wildman–Crippen LogP) is 2.40. The van der Waals surface area contributed by atoms with E-state index < -0.39 is 6.43 Å². The van der Waals surface area contributed by atoms with Gasteiger partial charge in [-0.2, -0.15) is 5.26 Å². The lowest BCUT2D eigenvalue weighted by Crippen LogP contribution is -2.01. The summed E-state index contributed by atoms with van der Waals surface area (Å²) in [4.78, 5) is 4.00. The van der Waals surface area contributed by atoms with Crippen molar-refractivity contribution in [1.29, 1.82) is 5.26 Å². The zero-order valence-corrected chi connectivity index (χ0v) is 8.42. The summed E-state index contributed by atoms with van der Waals surface area (Å²) in [6, 6.07) is 3.07. The Morgan fingerprint density at radius 3 is 2.73 bits per heavy atom. The molecule has 0 bridgehead atoms. The smallest absolute Gasteiger partial charge is 0.267 e. The molecule has 80 valence electrons. The molecule has 15 heavy (non-hydrogen) atoms. The average molecular weight is 212 g/mol. The molecule has 0 N–H and O–H groups in total. The van der Waals surface area contributed by atoms with Gasteiger partial charge in [0.25, 0.3) is 6.43 Å². The Morgan fingerprint density at radius 2 is 2.27 bits per heavy atom. The highest BCUT2D eigenvalue weighted by molar-refractivity contribution is 5.39. The summed E-state index contributed by atoms with van der Waals surface area (Å²) in [7, 11) is 1.32. The molecule has 0 aromatic carbocycles. The van der Waals surface area contributed by atoms with Gasteiger partial charge in [0.2, 0.25) is 0 Å². The Kier molecular flexibility index (Phi) is 3.56. The van der Waals surface area contributed by atoms with Crippen LogP contribution in [0, 0.1) is 18.3 Å². The number of ether oxygens (including phenoxy) is 1. The molecule has 0 saturated carbocycles. The van der Waals surface area contributed by atoms with Crippen LogP contribution in [0.3, 0.4) is 0 Å². The Labute approximate surface area is 86.3 Å². The van der Waals surface area contributed by atoms with Crippen LogP contribution < -0.4 is 4.74 Å². The van der Waals surface area contributed by atoms with Crippen LogP contribution in [0.1, 0.15) is 23.4 Å². The molecule has 1 heterocycles. The van der Waals surface area contributed by atoms with E-state index in [1.54, 1.807) is 6.92 Å². The van der Waals surface area contributed by atoms with Crippen LogP contribution in [0.2, 0.25) is 0 Å². The second kappa shape index (κ2) is 4.69. The number of nitriles is 1. The van der Waals surface area contributed by atoms with Crippen molar-refractivity contribution in [2.24, 2.45) is 0 Å². The summed E-state index contributed by atoms with van der Waals surface area (Å²) in [5.41, 5.74) is 0.502. The lowest BCUT2D eigenvalue weighted by atomic mass is 10.1. The van der Waals surface area contributed by atoms with Crippen LogP contribution >= 0.6 is 0 Å². The van der Waals surface area contributed by atoms with Gasteiger partial charge in [-0.15, -0.1) is 0 Å². The average Bonchev–Trinajstić information content (AvgIpc) is 2.17. The van der Waals surface area contributed by atoms with Crippen LogP contribution in [0.4, 0.5) is 8.78 Å². The van der Waals surface area contributed by atoms with E-state index in [4.69, 9.17) is 10.00 Å². The number of pyridine rings is 1. The minimum Gasteiger partial charge on any atom is -0.494 e. The van der Waals surface area contributed by atoms with Gasteiger partial charge in [0.1, 0.15) is 5.75 Å². The van der Waals surface area contributed by atoms with Gasteiger partial charge in [0.15, 0.2) is 0 Å². The number of rotatable bonds is 3. The van der Waals surface area contributed by atoms with Gasteiger partial charge < -0.3 is 4.74 Å². The first-order valence-electron chi connectivity index (χ1n) is 4.29. The van der Waals surface area contributed by atoms with E-state index in [2.05, 4.69) is 4.98 Å². The minimum atomic E-state index is -2.63. The molecule has 1 aromatic rings. The van der Waals surface area contributed by atoms with Crippen molar-refractivity contribution >= 4 is 0 Å². The van der Waals surface area contributed by atoms with Gasteiger partial charge in [0, 0.05) is 0 Å². The van der Waals surface area contributed by atoms with Crippen molar-refractivity contribution in [3.8, 4) is 11.8 Å². The third kappa shape index (κ3) is 2.40. The molecule has 3 nitrogen and oxygen atoms in total. The second-order valence-electron chi connectivity index (χ2n) is 2.96. The third-order valence-electron chi connectivity index (χ3n) is 1.92. The van der Waals surface area contributed by atoms with E-state index in [0.717, 1.165) is 0 Å². The summed E-state index contributed by atoms with van der Waals surface area (Å²) >= 11 is 0. The zero-order chi connectivity index (χ0) is 11.4. The fraction of sp³-hybridized carbons (Fsp3) is 0.400. The summed E-state index contributed by atoms with van der Waals surface area (Å²) in [5, 5.41) is 8.46. The SMILES string of the molecule is COc1c(C(F)F)cc(CC#N)nc1C. The molecule has 0 aliphatic carbocycles. The first-order valence-corrected chi connectivity index (χ1v) is 4.29. The van der Waals surface area contributed by atoms with E-state index in [0.29, 0.717) is 11.4 Å². The van der Waals surface area contributed by atoms with E-state index in [1.165, 1.54) is 13.2 Å². The molecule has 0 radical (unpaired) electrons. The van der Waals surface area contributed by atoms with Gasteiger partial charge in [-0.3, -0.25) is 4.98 Å². The van der Waals surface area contributed by atoms with Gasteiger partial charge in [0.05, 0.1) is 36.6 Å². The number of methoxy groups -OCH3 is 1. The maximum absolute atomic E-state index is 12.6. The molecule has 0 atom stereocenters. The number of hydrogen-bond acceptors (Lipinski definition) is 3. The molecule has 0 spiro atoms. The molecular formula is C10H10F2N2O. The third-order valence-corrected chi connectivity index (χ3v) is 1.92. The predicted molar refractivity (Wildman–Crippen MR) is 49.8 cm³/mol. The fourth-order valence-corrected chi connectivity index (χ4v) is 1.35. The normalized spacial score (nSPS) is 10.1. The molecule has 1 aromatic heterocycles. The Morgan fingerprint density at radius 1 is 1.60 bits per heavy atom. The van der Waals surface area contributed by atoms with Gasteiger partial charge >= 0.3 is 0 Å². The van der Waals surface area contributed by atoms with Crippen molar-refractivity contribution < 1.29 is 13.5 Å². The van der Waals surface area contributed by atoms with Crippen molar-refractivity contribution in [3.63, 3.8) is 0 Å². The molecule has 1 rings (SSSR count). The molecular weight excluding hydrogens is 202 g/mol. The highest BCUT2D eigenvalue weighted by Crippen LogP contribution is 2.31. The highest BCUT2D eigenvalue weighted by Gasteiger charge is 2.17. The van der Waals surface area contributed by atoms with E-state index in [-0.39, 0.29) is 17.7 Å². The molecule has 5 heteroatoms. The molecule has 0 unspecified atom stereocenters. The quantitative estimate of drug-likeness (QED) is 0.772. The Hall–Kier alpha value is -1.70. The number of nitrogens with zero attached hydrogens (tertiary/aromatic N) is 2. The van der Waals surface area contributed by atoms with Crippen LogP contribution in [0.25, 0.3) is 0 Å². The summed E-state index contributed by atoms with van der Waals surface area (Å²) in [6.45, 7) is 1.57. The van der Waals surface area contributed by atoms with E-state index in [9.17, 15) is 8.78 Å². The maximum atomic E-state index is 12.6. The molecule has 0 saturated heterocycles. The largest absolute Gasteiger partial charge is 0.494 e. The van der Waals surface area contributed by atoms with Crippen molar-refractivity contribution in [1.82, 2.24) is 4.98 Å². The first kappa shape index (κ1) is 11.4. The standard InChI is InChI=1S/C10H10F2N2O/c1-6-9(15-2)8(10(11)12)5-7(14-6)3-4-13/h5,10H,3H2,1-2H3. The molecule has 0 aliphatic rings. The van der Waals surface area contributed by atoms with E-state index >= 15 is 0 Å². The summed E-state index contributed by atoms with van der Waals surface area (Å²) < 4.78 is 30.1. The van der Waals surface area contributed by atoms with Crippen LogP contribution in [0.15, 0.2) is 6.07 Å². The second-order valence-corrected chi connectivity index (χ2v) is 2.96. The van der Waals surface area contributed by atoms with Crippen LogP contribution in [-0.4, -0.2) is 12.1 Å². The van der Waals surface area contributed by atoms with Crippen molar-refractivity contribution in [2.45, 2.75) is 19.8 Å². The zero-order valence-electron chi connectivity index (χ0n) is 8.42. The van der Waals surface area contributed by atoms with Gasteiger partial charge in [-0.25, -0.2) is 8.78 Å². The number of halogens is 2. The number of alkyl halides is 2.